The monoisotopic (exact) mass is 201 g/mol. The fourth-order valence-corrected chi connectivity index (χ4v) is 1.60. The van der Waals surface area contributed by atoms with Gasteiger partial charge < -0.3 is 10.7 Å². The first-order chi connectivity index (χ1) is 7.09. The predicted octanol–water partition coefficient (Wildman–Crippen LogP) is 1.54. The molecule has 1 aromatic heterocycles. The SMILES string of the molecule is C=C(C)c1cccc2[nH]c(=O)nc(N)c12. The summed E-state index contributed by atoms with van der Waals surface area (Å²) in [5, 5.41) is 0.754. The number of nitrogen functional groups attached to an aromatic ring is 1. The maximum atomic E-state index is 11.1. The number of aromatic amines is 1. The van der Waals surface area contributed by atoms with E-state index in [4.69, 9.17) is 5.73 Å². The number of allylic oxidation sites excluding steroid dienone is 1. The van der Waals surface area contributed by atoms with E-state index in [1.807, 2.05) is 19.1 Å². The molecule has 1 heterocycles. The molecule has 1 aromatic carbocycles. The van der Waals surface area contributed by atoms with E-state index in [-0.39, 0.29) is 5.82 Å². The fourth-order valence-electron chi connectivity index (χ4n) is 1.60. The van der Waals surface area contributed by atoms with Crippen LogP contribution >= 0.6 is 0 Å². The van der Waals surface area contributed by atoms with Gasteiger partial charge in [-0.2, -0.15) is 4.98 Å². The molecular formula is C11H11N3O. The number of hydrogen-bond acceptors (Lipinski definition) is 3. The van der Waals surface area contributed by atoms with Crippen molar-refractivity contribution in [1.29, 1.82) is 0 Å². The summed E-state index contributed by atoms with van der Waals surface area (Å²) in [7, 11) is 0. The van der Waals surface area contributed by atoms with Gasteiger partial charge in [0.1, 0.15) is 5.82 Å². The van der Waals surface area contributed by atoms with Crippen molar-refractivity contribution in [3.05, 3.63) is 40.8 Å². The first kappa shape index (κ1) is 9.45. The van der Waals surface area contributed by atoms with Crippen LogP contribution in [0.4, 0.5) is 5.82 Å². The number of anilines is 1. The van der Waals surface area contributed by atoms with Crippen molar-refractivity contribution in [2.45, 2.75) is 6.92 Å². The predicted molar refractivity (Wildman–Crippen MR) is 61.5 cm³/mol. The Kier molecular flexibility index (Phi) is 2.04. The zero-order valence-corrected chi connectivity index (χ0v) is 8.37. The molecule has 2 rings (SSSR count). The first-order valence-electron chi connectivity index (χ1n) is 4.54. The summed E-state index contributed by atoms with van der Waals surface area (Å²) in [5.74, 6) is 0.243. The quantitative estimate of drug-likeness (QED) is 0.735. The van der Waals surface area contributed by atoms with Gasteiger partial charge in [-0.05, 0) is 18.6 Å². The van der Waals surface area contributed by atoms with Crippen LogP contribution in [0.15, 0.2) is 29.6 Å². The van der Waals surface area contributed by atoms with Crippen LogP contribution < -0.4 is 11.4 Å². The second kappa shape index (κ2) is 3.24. The minimum absolute atomic E-state index is 0.243. The van der Waals surface area contributed by atoms with E-state index < -0.39 is 5.69 Å². The van der Waals surface area contributed by atoms with Gasteiger partial charge in [0.25, 0.3) is 0 Å². The molecule has 0 atom stereocenters. The van der Waals surface area contributed by atoms with Crippen molar-refractivity contribution in [3.63, 3.8) is 0 Å². The fraction of sp³-hybridized carbons (Fsp3) is 0.0909. The average Bonchev–Trinajstić information content (AvgIpc) is 2.16. The smallest absolute Gasteiger partial charge is 0.347 e. The minimum atomic E-state index is -0.432. The zero-order chi connectivity index (χ0) is 11.0. The number of nitrogens with two attached hydrogens (primary N) is 1. The molecule has 4 nitrogen and oxygen atoms in total. The van der Waals surface area contributed by atoms with Gasteiger partial charge in [-0.15, -0.1) is 0 Å². The summed E-state index contributed by atoms with van der Waals surface area (Å²) in [6.45, 7) is 5.75. The molecule has 0 fully saturated rings. The summed E-state index contributed by atoms with van der Waals surface area (Å²) < 4.78 is 0. The van der Waals surface area contributed by atoms with Crippen LogP contribution in [0.1, 0.15) is 12.5 Å². The molecular weight excluding hydrogens is 190 g/mol. The third kappa shape index (κ3) is 1.50. The van der Waals surface area contributed by atoms with E-state index >= 15 is 0 Å². The molecule has 0 aliphatic carbocycles. The summed E-state index contributed by atoms with van der Waals surface area (Å²) >= 11 is 0. The number of rotatable bonds is 1. The van der Waals surface area contributed by atoms with Gasteiger partial charge in [-0.1, -0.05) is 24.3 Å². The minimum Gasteiger partial charge on any atom is -0.383 e. The summed E-state index contributed by atoms with van der Waals surface area (Å²) in [4.78, 5) is 17.4. The third-order valence-corrected chi connectivity index (χ3v) is 2.24. The highest BCUT2D eigenvalue weighted by molar-refractivity contribution is 5.97. The molecule has 4 heteroatoms. The number of aromatic nitrogens is 2. The lowest BCUT2D eigenvalue weighted by Gasteiger charge is -2.06. The molecule has 0 aliphatic heterocycles. The van der Waals surface area contributed by atoms with Gasteiger partial charge in [-0.25, -0.2) is 4.79 Å². The van der Waals surface area contributed by atoms with Crippen LogP contribution in [0.3, 0.4) is 0 Å². The molecule has 0 aliphatic rings. The van der Waals surface area contributed by atoms with Gasteiger partial charge in [0.05, 0.1) is 5.52 Å². The third-order valence-electron chi connectivity index (χ3n) is 2.24. The van der Waals surface area contributed by atoms with Crippen LogP contribution in [0.5, 0.6) is 0 Å². The number of H-pyrrole nitrogens is 1. The Bertz CT molecular complexity index is 598. The molecule has 0 unspecified atom stereocenters. The lowest BCUT2D eigenvalue weighted by Crippen LogP contribution is -2.13. The maximum absolute atomic E-state index is 11.1. The van der Waals surface area contributed by atoms with Crippen molar-refractivity contribution < 1.29 is 0 Å². The molecule has 0 saturated heterocycles. The molecule has 15 heavy (non-hydrogen) atoms. The molecule has 76 valence electrons. The van der Waals surface area contributed by atoms with Crippen molar-refractivity contribution in [2.24, 2.45) is 0 Å². The highest BCUT2D eigenvalue weighted by atomic mass is 16.1. The summed E-state index contributed by atoms with van der Waals surface area (Å²) in [6, 6.07) is 5.55. The molecule has 0 radical (unpaired) electrons. The molecule has 0 spiro atoms. The maximum Gasteiger partial charge on any atom is 0.347 e. The van der Waals surface area contributed by atoms with Gasteiger partial charge in [0.2, 0.25) is 0 Å². The number of hydrogen-bond donors (Lipinski definition) is 2. The Morgan fingerprint density at radius 3 is 2.93 bits per heavy atom. The zero-order valence-electron chi connectivity index (χ0n) is 8.37. The molecule has 0 bridgehead atoms. The molecule has 0 amide bonds. The lowest BCUT2D eigenvalue weighted by molar-refractivity contribution is 1.13. The van der Waals surface area contributed by atoms with Crippen LogP contribution in [0.25, 0.3) is 16.5 Å². The highest BCUT2D eigenvalue weighted by Gasteiger charge is 2.07. The molecule has 0 saturated carbocycles. The van der Waals surface area contributed by atoms with Crippen molar-refractivity contribution in [1.82, 2.24) is 9.97 Å². The summed E-state index contributed by atoms with van der Waals surface area (Å²) in [5.41, 5.74) is 7.78. The number of nitrogens with zero attached hydrogens (tertiary/aromatic N) is 1. The van der Waals surface area contributed by atoms with Gasteiger partial charge >= 0.3 is 5.69 Å². The topological polar surface area (TPSA) is 71.8 Å². The van der Waals surface area contributed by atoms with E-state index in [0.717, 1.165) is 16.5 Å². The second-order valence-corrected chi connectivity index (χ2v) is 3.44. The Hall–Kier alpha value is -2.10. The number of fused-ring (bicyclic) bond motifs is 1. The van der Waals surface area contributed by atoms with Gasteiger partial charge in [0.15, 0.2) is 0 Å². The van der Waals surface area contributed by atoms with Crippen molar-refractivity contribution in [2.75, 3.05) is 5.73 Å². The lowest BCUT2D eigenvalue weighted by atomic mass is 10.0. The number of benzene rings is 1. The molecule has 3 N–H and O–H groups in total. The highest BCUT2D eigenvalue weighted by Crippen LogP contribution is 2.25. The second-order valence-electron chi connectivity index (χ2n) is 3.44. The largest absolute Gasteiger partial charge is 0.383 e. The first-order valence-corrected chi connectivity index (χ1v) is 4.54. The Labute approximate surface area is 86.5 Å². The van der Waals surface area contributed by atoms with Crippen LogP contribution in [0, 0.1) is 0 Å². The van der Waals surface area contributed by atoms with E-state index in [1.165, 1.54) is 0 Å². The van der Waals surface area contributed by atoms with E-state index in [9.17, 15) is 4.79 Å². The van der Waals surface area contributed by atoms with Crippen LogP contribution in [0.2, 0.25) is 0 Å². The normalized spacial score (nSPS) is 10.5. The van der Waals surface area contributed by atoms with Crippen LogP contribution in [-0.2, 0) is 0 Å². The summed E-state index contributed by atoms with van der Waals surface area (Å²) in [6.07, 6.45) is 0. The average molecular weight is 201 g/mol. The van der Waals surface area contributed by atoms with Crippen molar-refractivity contribution in [3.8, 4) is 0 Å². The van der Waals surface area contributed by atoms with Crippen LogP contribution in [-0.4, -0.2) is 9.97 Å². The van der Waals surface area contributed by atoms with E-state index in [1.54, 1.807) is 6.07 Å². The standard InChI is InChI=1S/C11H11N3O/c1-6(2)7-4-3-5-8-9(7)10(12)14-11(15)13-8/h3-5H,1H2,2H3,(H3,12,13,14,15). The number of nitrogens with one attached hydrogen (secondary N) is 1. The van der Waals surface area contributed by atoms with Gasteiger partial charge in [-0.3, -0.25) is 0 Å². The molecule has 2 aromatic rings. The Morgan fingerprint density at radius 2 is 2.27 bits per heavy atom. The van der Waals surface area contributed by atoms with Crippen molar-refractivity contribution >= 4 is 22.3 Å². The Morgan fingerprint density at radius 1 is 1.53 bits per heavy atom. The van der Waals surface area contributed by atoms with E-state index in [2.05, 4.69) is 16.5 Å². The Balaban J connectivity index is 2.97. The van der Waals surface area contributed by atoms with Gasteiger partial charge in [0, 0.05) is 5.39 Å². The van der Waals surface area contributed by atoms with E-state index in [0.29, 0.717) is 5.52 Å².